The Balaban J connectivity index is 1.69. The highest BCUT2D eigenvalue weighted by Crippen LogP contribution is 2.41. The number of aliphatic imine (C=N–C) groups is 1. The van der Waals surface area contributed by atoms with Crippen LogP contribution in [0.1, 0.15) is 23.6 Å². The molecule has 0 spiro atoms. The van der Waals surface area contributed by atoms with E-state index in [4.69, 9.17) is 10.7 Å². The summed E-state index contributed by atoms with van der Waals surface area (Å²) >= 11 is 0. The Hall–Kier alpha value is -4.69. The minimum absolute atomic E-state index is 0.249. The molecule has 2 aromatic carbocycles. The van der Waals surface area contributed by atoms with Gasteiger partial charge < -0.3 is 25.8 Å². The molecule has 0 unspecified atom stereocenters. The van der Waals surface area contributed by atoms with E-state index < -0.39 is 0 Å². The number of amides is 1. The average molecular weight is 562 g/mol. The maximum absolute atomic E-state index is 12.2. The second kappa shape index (κ2) is 12.0. The van der Waals surface area contributed by atoms with Gasteiger partial charge in [-0.25, -0.2) is 4.98 Å². The van der Waals surface area contributed by atoms with Gasteiger partial charge in [-0.15, -0.1) is 0 Å². The number of aromatic amines is 1. The maximum Gasteiger partial charge on any atom is 0.247 e. The summed E-state index contributed by atoms with van der Waals surface area (Å²) in [6, 6.07) is 15.4. The standard InChI is InChI=1S/C34H39N7O/c1-7-30(42)38-29-18-25(9-8-21(29)2)32-31-23(4)27(28(36-5)14-15-35)19-37-34(31)39-33(32)24-10-12-26(13-11-24)41-17-16-40(6)22(3)20-41/h7-15,18-19,22H,1,16-17,20,35H2,2-6H3,(H,37,39)(H,38,42)/b15-14-,36-28?/t22-/m1/s1. The number of carbonyl (C=O) groups is 1. The first-order valence-corrected chi connectivity index (χ1v) is 14.2. The number of likely N-dealkylation sites (N-methyl/N-ethyl adjacent to an activating group) is 1. The van der Waals surface area contributed by atoms with Crippen LogP contribution in [-0.4, -0.2) is 66.3 Å². The van der Waals surface area contributed by atoms with Gasteiger partial charge in [0.2, 0.25) is 5.91 Å². The second-order valence-electron chi connectivity index (χ2n) is 10.9. The lowest BCUT2D eigenvalue weighted by molar-refractivity contribution is -0.111. The molecule has 1 fully saturated rings. The summed E-state index contributed by atoms with van der Waals surface area (Å²) in [7, 11) is 3.94. The number of hydrogen-bond donors (Lipinski definition) is 3. The summed E-state index contributed by atoms with van der Waals surface area (Å²) in [6.45, 7) is 13.0. The highest BCUT2D eigenvalue weighted by atomic mass is 16.1. The fourth-order valence-electron chi connectivity index (χ4n) is 5.67. The minimum Gasteiger partial charge on any atom is -0.405 e. The lowest BCUT2D eigenvalue weighted by Gasteiger charge is -2.39. The number of benzene rings is 2. The molecular weight excluding hydrogens is 522 g/mol. The third-order valence-electron chi connectivity index (χ3n) is 8.30. The zero-order valence-corrected chi connectivity index (χ0v) is 25.0. The number of nitrogens with two attached hydrogens (primary N) is 1. The zero-order valence-electron chi connectivity index (χ0n) is 25.0. The molecule has 1 aliphatic rings. The Kier molecular flexibility index (Phi) is 8.27. The predicted molar refractivity (Wildman–Crippen MR) is 175 cm³/mol. The maximum atomic E-state index is 12.2. The first-order valence-electron chi connectivity index (χ1n) is 14.2. The van der Waals surface area contributed by atoms with Gasteiger partial charge in [0.15, 0.2) is 0 Å². The first kappa shape index (κ1) is 28.8. The largest absolute Gasteiger partial charge is 0.405 e. The average Bonchev–Trinajstić information content (AvgIpc) is 3.39. The van der Waals surface area contributed by atoms with Crippen molar-refractivity contribution in [1.82, 2.24) is 14.9 Å². The molecule has 4 N–H and O–H groups in total. The van der Waals surface area contributed by atoms with Crippen LogP contribution in [0.4, 0.5) is 11.4 Å². The molecule has 1 atom stereocenters. The topological polar surface area (TPSA) is 103 Å². The molecule has 0 saturated carbocycles. The van der Waals surface area contributed by atoms with Gasteiger partial charge in [-0.1, -0.05) is 30.8 Å². The molecular formula is C34H39N7O. The number of hydrogen-bond acceptors (Lipinski definition) is 6. The van der Waals surface area contributed by atoms with Gasteiger partial charge in [-0.3, -0.25) is 9.79 Å². The zero-order chi connectivity index (χ0) is 30.0. The van der Waals surface area contributed by atoms with Crippen LogP contribution in [0.5, 0.6) is 0 Å². The van der Waals surface area contributed by atoms with E-state index in [1.807, 2.05) is 25.3 Å². The Morgan fingerprint density at radius 1 is 1.17 bits per heavy atom. The fraction of sp³-hybridized carbons (Fsp3) is 0.265. The number of piperazine rings is 1. The summed E-state index contributed by atoms with van der Waals surface area (Å²) < 4.78 is 0. The molecule has 8 nitrogen and oxygen atoms in total. The quantitative estimate of drug-likeness (QED) is 0.199. The molecule has 1 saturated heterocycles. The molecule has 0 aliphatic carbocycles. The predicted octanol–water partition coefficient (Wildman–Crippen LogP) is 5.67. The summed E-state index contributed by atoms with van der Waals surface area (Å²) in [6.07, 6.45) is 6.40. The van der Waals surface area contributed by atoms with Crippen molar-refractivity contribution in [3.8, 4) is 22.4 Å². The van der Waals surface area contributed by atoms with Gasteiger partial charge in [0.05, 0.1) is 11.4 Å². The normalized spacial score (nSPS) is 16.4. The van der Waals surface area contributed by atoms with Crippen LogP contribution in [0.25, 0.3) is 33.4 Å². The molecule has 0 radical (unpaired) electrons. The van der Waals surface area contributed by atoms with E-state index in [0.717, 1.165) is 81.1 Å². The SMILES string of the molecule is C=CC(=O)Nc1cc(-c2c(-c3ccc(N4CCN(C)[C@H](C)C4)cc3)[nH]c3ncc(C(/C=C\N)=NC)c(C)c23)ccc1C. The van der Waals surface area contributed by atoms with Crippen LogP contribution >= 0.6 is 0 Å². The fourth-order valence-corrected chi connectivity index (χ4v) is 5.67. The van der Waals surface area contributed by atoms with Gasteiger partial charge in [0, 0.05) is 66.8 Å². The van der Waals surface area contributed by atoms with E-state index in [1.54, 1.807) is 13.1 Å². The van der Waals surface area contributed by atoms with Crippen molar-refractivity contribution < 1.29 is 4.79 Å². The van der Waals surface area contributed by atoms with E-state index in [1.165, 1.54) is 18.0 Å². The van der Waals surface area contributed by atoms with E-state index in [-0.39, 0.29) is 5.91 Å². The van der Waals surface area contributed by atoms with E-state index in [0.29, 0.717) is 6.04 Å². The number of anilines is 2. The molecule has 1 aliphatic heterocycles. The Morgan fingerprint density at radius 2 is 1.90 bits per heavy atom. The number of nitrogens with one attached hydrogen (secondary N) is 2. The van der Waals surface area contributed by atoms with Gasteiger partial charge in [-0.05, 0) is 86.6 Å². The molecule has 4 aromatic rings. The molecule has 216 valence electrons. The van der Waals surface area contributed by atoms with Crippen LogP contribution in [0, 0.1) is 13.8 Å². The van der Waals surface area contributed by atoms with Crippen LogP contribution in [0.2, 0.25) is 0 Å². The number of carbonyl (C=O) groups excluding carboxylic acids is 1. The number of aryl methyl sites for hydroxylation is 2. The van der Waals surface area contributed by atoms with E-state index in [2.05, 4.69) is 82.9 Å². The summed E-state index contributed by atoms with van der Waals surface area (Å²) in [5, 5.41) is 3.95. The van der Waals surface area contributed by atoms with Gasteiger partial charge >= 0.3 is 0 Å². The Bertz CT molecular complexity index is 1700. The molecule has 0 bridgehead atoms. The van der Waals surface area contributed by atoms with Crippen molar-refractivity contribution >= 4 is 34.0 Å². The van der Waals surface area contributed by atoms with Crippen LogP contribution in [-0.2, 0) is 4.79 Å². The van der Waals surface area contributed by atoms with Crippen molar-refractivity contribution in [3.05, 3.63) is 90.3 Å². The molecule has 42 heavy (non-hydrogen) atoms. The monoisotopic (exact) mass is 561 g/mol. The third kappa shape index (κ3) is 5.45. The molecule has 1 amide bonds. The second-order valence-corrected chi connectivity index (χ2v) is 10.9. The highest BCUT2D eigenvalue weighted by molar-refractivity contribution is 6.14. The van der Waals surface area contributed by atoms with Gasteiger partial charge in [-0.2, -0.15) is 0 Å². The van der Waals surface area contributed by atoms with E-state index >= 15 is 0 Å². The smallest absolute Gasteiger partial charge is 0.247 e. The summed E-state index contributed by atoms with van der Waals surface area (Å²) in [4.78, 5) is 30.0. The highest BCUT2D eigenvalue weighted by Gasteiger charge is 2.23. The van der Waals surface area contributed by atoms with Crippen molar-refractivity contribution in [1.29, 1.82) is 0 Å². The Morgan fingerprint density at radius 3 is 2.57 bits per heavy atom. The summed E-state index contributed by atoms with van der Waals surface area (Å²) in [5.41, 5.74) is 16.1. The van der Waals surface area contributed by atoms with E-state index in [9.17, 15) is 4.79 Å². The molecule has 8 heteroatoms. The minimum atomic E-state index is -0.249. The van der Waals surface area contributed by atoms with Crippen LogP contribution in [0.3, 0.4) is 0 Å². The van der Waals surface area contributed by atoms with Crippen molar-refractivity contribution in [3.63, 3.8) is 0 Å². The number of allylic oxidation sites excluding steroid dienone is 1. The number of rotatable bonds is 7. The molecule has 3 heterocycles. The van der Waals surface area contributed by atoms with Crippen molar-refractivity contribution in [2.75, 3.05) is 43.9 Å². The summed E-state index contributed by atoms with van der Waals surface area (Å²) in [5.74, 6) is -0.249. The number of fused-ring (bicyclic) bond motifs is 1. The molecule has 5 rings (SSSR count). The van der Waals surface area contributed by atoms with Crippen molar-refractivity contribution in [2.24, 2.45) is 10.7 Å². The number of H-pyrrole nitrogens is 1. The van der Waals surface area contributed by atoms with Gasteiger partial charge in [0.25, 0.3) is 0 Å². The van der Waals surface area contributed by atoms with Crippen molar-refractivity contribution in [2.45, 2.75) is 26.8 Å². The van der Waals surface area contributed by atoms with Gasteiger partial charge in [0.1, 0.15) is 5.65 Å². The lowest BCUT2D eigenvalue weighted by Crippen LogP contribution is -2.50. The lowest BCUT2D eigenvalue weighted by atomic mass is 9.93. The first-order chi connectivity index (χ1) is 20.2. The third-order valence-corrected chi connectivity index (χ3v) is 8.30. The number of nitrogens with zero attached hydrogens (tertiary/aromatic N) is 4. The molecule has 2 aromatic heterocycles. The van der Waals surface area contributed by atoms with Crippen LogP contribution in [0.15, 0.2) is 78.6 Å². The Labute approximate surface area is 247 Å². The number of pyridine rings is 1. The number of aromatic nitrogens is 2. The van der Waals surface area contributed by atoms with Crippen LogP contribution < -0.4 is 16.0 Å².